The van der Waals surface area contributed by atoms with Crippen LogP contribution in [0.2, 0.25) is 0 Å². The van der Waals surface area contributed by atoms with Crippen LogP contribution in [0.5, 0.6) is 0 Å². The van der Waals surface area contributed by atoms with Crippen LogP contribution >= 0.6 is 0 Å². The minimum Gasteiger partial charge on any atom is -0.334 e. The van der Waals surface area contributed by atoms with Crippen molar-refractivity contribution in [3.05, 3.63) is 53.3 Å². The topological polar surface area (TPSA) is 38.1 Å². The Balaban J connectivity index is 1.73. The molecule has 2 atom stereocenters. The molecule has 0 spiro atoms. The lowest BCUT2D eigenvalue weighted by Gasteiger charge is -2.25. The molecule has 2 aromatic rings. The molecule has 1 fully saturated rings. The smallest absolute Gasteiger partial charge is 0.272 e. The van der Waals surface area contributed by atoms with Gasteiger partial charge in [0, 0.05) is 19.1 Å². The molecule has 2 heterocycles. The maximum absolute atomic E-state index is 12.9. The van der Waals surface area contributed by atoms with Crippen molar-refractivity contribution in [1.29, 1.82) is 0 Å². The normalized spacial score (nSPS) is 20.9. The zero-order valence-corrected chi connectivity index (χ0v) is 14.2. The van der Waals surface area contributed by atoms with Crippen molar-refractivity contribution >= 4 is 5.91 Å². The molecule has 0 bridgehead atoms. The second-order valence-electron chi connectivity index (χ2n) is 6.46. The standard InChI is InChI=1S/C19H25N3O/c1-4-22-18(12-14(2)20-22)19(23)21-11-10-17(15(21)3)13-16-8-6-5-7-9-16/h5-9,12,15,17H,4,10-11,13H2,1-3H3. The second-order valence-corrected chi connectivity index (χ2v) is 6.46. The summed E-state index contributed by atoms with van der Waals surface area (Å²) in [5.74, 6) is 0.649. The first kappa shape index (κ1) is 15.8. The molecule has 0 N–H and O–H groups in total. The quantitative estimate of drug-likeness (QED) is 0.869. The average molecular weight is 311 g/mol. The fourth-order valence-electron chi connectivity index (χ4n) is 3.59. The fraction of sp³-hybridized carbons (Fsp3) is 0.474. The zero-order valence-electron chi connectivity index (χ0n) is 14.2. The van der Waals surface area contributed by atoms with Gasteiger partial charge >= 0.3 is 0 Å². The summed E-state index contributed by atoms with van der Waals surface area (Å²) in [5.41, 5.74) is 2.98. The van der Waals surface area contributed by atoms with Crippen LogP contribution in [-0.2, 0) is 13.0 Å². The van der Waals surface area contributed by atoms with E-state index in [0.717, 1.165) is 37.3 Å². The maximum Gasteiger partial charge on any atom is 0.272 e. The van der Waals surface area contributed by atoms with Crippen molar-refractivity contribution < 1.29 is 4.79 Å². The van der Waals surface area contributed by atoms with E-state index in [1.165, 1.54) is 5.56 Å². The Morgan fingerprint density at radius 3 is 2.74 bits per heavy atom. The van der Waals surface area contributed by atoms with E-state index in [2.05, 4.69) is 36.3 Å². The molecule has 23 heavy (non-hydrogen) atoms. The summed E-state index contributed by atoms with van der Waals surface area (Å²) in [6.07, 6.45) is 2.11. The van der Waals surface area contributed by atoms with Crippen LogP contribution in [-0.4, -0.2) is 33.2 Å². The molecule has 2 unspecified atom stereocenters. The molecule has 1 amide bonds. The SMILES string of the molecule is CCn1nc(C)cc1C(=O)N1CCC(Cc2ccccc2)C1C. The van der Waals surface area contributed by atoms with Gasteiger partial charge in [0.15, 0.2) is 0 Å². The van der Waals surface area contributed by atoms with Crippen LogP contribution in [0.4, 0.5) is 0 Å². The van der Waals surface area contributed by atoms with Gasteiger partial charge < -0.3 is 4.90 Å². The summed E-state index contributed by atoms with van der Waals surface area (Å²) in [6.45, 7) is 7.71. The first-order valence-electron chi connectivity index (χ1n) is 8.49. The number of benzene rings is 1. The number of nitrogens with zero attached hydrogens (tertiary/aromatic N) is 3. The average Bonchev–Trinajstić information content (AvgIpc) is 3.11. The molecule has 4 heteroatoms. The number of hydrogen-bond acceptors (Lipinski definition) is 2. The Morgan fingerprint density at radius 1 is 1.30 bits per heavy atom. The van der Waals surface area contributed by atoms with Crippen molar-refractivity contribution in [3.63, 3.8) is 0 Å². The number of amides is 1. The largest absolute Gasteiger partial charge is 0.334 e. The maximum atomic E-state index is 12.9. The van der Waals surface area contributed by atoms with Crippen LogP contribution < -0.4 is 0 Å². The Hall–Kier alpha value is -2.10. The molecule has 3 rings (SSSR count). The van der Waals surface area contributed by atoms with Crippen molar-refractivity contribution in [2.75, 3.05) is 6.54 Å². The summed E-state index contributed by atoms with van der Waals surface area (Å²) in [7, 11) is 0. The van der Waals surface area contributed by atoms with E-state index in [1.807, 2.05) is 35.6 Å². The number of rotatable bonds is 4. The first-order valence-corrected chi connectivity index (χ1v) is 8.49. The molecular weight excluding hydrogens is 286 g/mol. The van der Waals surface area contributed by atoms with Gasteiger partial charge in [0.2, 0.25) is 0 Å². The Bertz CT molecular complexity index is 677. The highest BCUT2D eigenvalue weighted by molar-refractivity contribution is 5.93. The lowest BCUT2D eigenvalue weighted by atomic mass is 9.93. The van der Waals surface area contributed by atoms with Crippen molar-refractivity contribution in [3.8, 4) is 0 Å². The highest BCUT2D eigenvalue weighted by atomic mass is 16.2. The summed E-state index contributed by atoms with van der Waals surface area (Å²) in [4.78, 5) is 14.9. The monoisotopic (exact) mass is 311 g/mol. The lowest BCUT2D eigenvalue weighted by Crippen LogP contribution is -2.37. The second kappa shape index (κ2) is 6.57. The van der Waals surface area contributed by atoms with Crippen LogP contribution in [0.15, 0.2) is 36.4 Å². The van der Waals surface area contributed by atoms with E-state index in [0.29, 0.717) is 5.92 Å². The van der Waals surface area contributed by atoms with Crippen LogP contribution in [0.25, 0.3) is 0 Å². The minimum absolute atomic E-state index is 0.121. The van der Waals surface area contributed by atoms with Gasteiger partial charge in [-0.15, -0.1) is 0 Å². The highest BCUT2D eigenvalue weighted by Crippen LogP contribution is 2.29. The van der Waals surface area contributed by atoms with Gasteiger partial charge in [0.05, 0.1) is 5.69 Å². The van der Waals surface area contributed by atoms with E-state index < -0.39 is 0 Å². The Labute approximate surface area is 138 Å². The van der Waals surface area contributed by atoms with Gasteiger partial charge in [-0.2, -0.15) is 5.10 Å². The zero-order chi connectivity index (χ0) is 16.4. The number of carbonyl (C=O) groups excluding carboxylic acids is 1. The Kier molecular flexibility index (Phi) is 4.51. The van der Waals surface area contributed by atoms with E-state index in [-0.39, 0.29) is 11.9 Å². The van der Waals surface area contributed by atoms with Gasteiger partial charge in [0.1, 0.15) is 5.69 Å². The first-order chi connectivity index (χ1) is 11.1. The number of aryl methyl sites for hydroxylation is 2. The van der Waals surface area contributed by atoms with Crippen LogP contribution in [0, 0.1) is 12.8 Å². The molecule has 0 saturated carbocycles. The van der Waals surface area contributed by atoms with Crippen molar-refractivity contribution in [2.24, 2.45) is 5.92 Å². The van der Waals surface area contributed by atoms with Gasteiger partial charge in [-0.25, -0.2) is 0 Å². The predicted octanol–water partition coefficient (Wildman–Crippen LogP) is 3.30. The van der Waals surface area contributed by atoms with Gasteiger partial charge in [-0.1, -0.05) is 30.3 Å². The summed E-state index contributed by atoms with van der Waals surface area (Å²) in [5, 5.41) is 4.40. The predicted molar refractivity (Wildman–Crippen MR) is 91.4 cm³/mol. The molecule has 0 radical (unpaired) electrons. The summed E-state index contributed by atoms with van der Waals surface area (Å²) >= 11 is 0. The minimum atomic E-state index is 0.121. The molecule has 1 aliphatic rings. The van der Waals surface area contributed by atoms with Crippen molar-refractivity contribution in [2.45, 2.75) is 46.2 Å². The van der Waals surface area contributed by atoms with E-state index in [9.17, 15) is 4.79 Å². The molecule has 0 aliphatic carbocycles. The van der Waals surface area contributed by atoms with Crippen LogP contribution in [0.3, 0.4) is 0 Å². The molecule has 1 aromatic heterocycles. The van der Waals surface area contributed by atoms with E-state index in [1.54, 1.807) is 0 Å². The summed E-state index contributed by atoms with van der Waals surface area (Å²) < 4.78 is 1.81. The third-order valence-electron chi connectivity index (χ3n) is 4.94. The van der Waals surface area contributed by atoms with Crippen molar-refractivity contribution in [1.82, 2.24) is 14.7 Å². The number of aromatic nitrogens is 2. The van der Waals surface area contributed by atoms with E-state index in [4.69, 9.17) is 0 Å². The number of hydrogen-bond donors (Lipinski definition) is 0. The van der Waals surface area contributed by atoms with Gasteiger partial charge in [0.25, 0.3) is 5.91 Å². The van der Waals surface area contributed by atoms with Gasteiger partial charge in [-0.05, 0) is 51.2 Å². The molecule has 1 aliphatic heterocycles. The number of likely N-dealkylation sites (tertiary alicyclic amines) is 1. The highest BCUT2D eigenvalue weighted by Gasteiger charge is 2.35. The number of carbonyl (C=O) groups is 1. The molecular formula is C19H25N3O. The molecule has 1 aromatic carbocycles. The molecule has 122 valence electrons. The van der Waals surface area contributed by atoms with Crippen LogP contribution in [0.1, 0.15) is 42.0 Å². The van der Waals surface area contributed by atoms with Gasteiger partial charge in [-0.3, -0.25) is 9.48 Å². The Morgan fingerprint density at radius 2 is 2.04 bits per heavy atom. The molecule has 1 saturated heterocycles. The third-order valence-corrected chi connectivity index (χ3v) is 4.94. The lowest BCUT2D eigenvalue weighted by molar-refractivity contribution is 0.0719. The molecule has 4 nitrogen and oxygen atoms in total. The third kappa shape index (κ3) is 3.16. The van der Waals surface area contributed by atoms with E-state index >= 15 is 0 Å². The summed E-state index contributed by atoms with van der Waals surface area (Å²) in [6, 6.07) is 12.7. The fourth-order valence-corrected chi connectivity index (χ4v) is 3.59.